The average molecular weight is 495 g/mol. The SMILES string of the molecule is C=CCN(CC=C)[SiH]c1ccccc1.[C-]1=CC=CC1.[C-]1=CC=CC1.[Cl-].[Cl-].[Zr+4]. The summed E-state index contributed by atoms with van der Waals surface area (Å²) < 4.78 is 2.37. The predicted molar refractivity (Wildman–Crippen MR) is 108 cm³/mol. The molecule has 141 valence electrons. The van der Waals surface area contributed by atoms with Gasteiger partial charge in [-0.3, -0.25) is 12.2 Å². The Balaban J connectivity index is -0.000000368. The van der Waals surface area contributed by atoms with Gasteiger partial charge in [-0.15, -0.1) is 26.0 Å². The summed E-state index contributed by atoms with van der Waals surface area (Å²) in [4.78, 5) is 0. The molecule has 5 heteroatoms. The van der Waals surface area contributed by atoms with E-state index in [2.05, 4.69) is 66.3 Å². The third-order valence-electron chi connectivity index (χ3n) is 3.03. The fraction of sp³-hybridized carbons (Fsp3) is 0.182. The predicted octanol–water partition coefficient (Wildman–Crippen LogP) is -2.05. The van der Waals surface area contributed by atoms with Crippen LogP contribution >= 0.6 is 0 Å². The van der Waals surface area contributed by atoms with E-state index < -0.39 is 0 Å². The monoisotopic (exact) mass is 492 g/mol. The molecule has 2 aliphatic carbocycles. The molecule has 0 atom stereocenters. The summed E-state index contributed by atoms with van der Waals surface area (Å²) in [6, 6.07) is 10.6. The molecule has 3 rings (SSSR count). The summed E-state index contributed by atoms with van der Waals surface area (Å²) in [5.41, 5.74) is 0. The van der Waals surface area contributed by atoms with Crippen LogP contribution in [0.4, 0.5) is 0 Å². The number of hydrogen-bond acceptors (Lipinski definition) is 1. The van der Waals surface area contributed by atoms with Crippen molar-refractivity contribution < 1.29 is 51.0 Å². The van der Waals surface area contributed by atoms with E-state index in [0.29, 0.717) is 0 Å². The smallest absolute Gasteiger partial charge is 1.00 e. The largest absolute Gasteiger partial charge is 4.00 e. The van der Waals surface area contributed by atoms with Crippen LogP contribution < -0.4 is 30.0 Å². The molecular formula is C22H26Cl2NSiZr. The number of benzene rings is 1. The van der Waals surface area contributed by atoms with Crippen LogP contribution in [-0.4, -0.2) is 27.3 Å². The molecule has 0 saturated heterocycles. The first-order valence-corrected chi connectivity index (χ1v) is 9.25. The van der Waals surface area contributed by atoms with Gasteiger partial charge in [-0.1, -0.05) is 42.5 Å². The van der Waals surface area contributed by atoms with Crippen LogP contribution in [0.15, 0.2) is 92.1 Å². The number of halogens is 2. The zero-order valence-corrected chi connectivity index (χ0v) is 20.7. The summed E-state index contributed by atoms with van der Waals surface area (Å²) in [5.74, 6) is 0. The Morgan fingerprint density at radius 3 is 1.67 bits per heavy atom. The van der Waals surface area contributed by atoms with Gasteiger partial charge in [0.1, 0.15) is 0 Å². The van der Waals surface area contributed by atoms with Crippen molar-refractivity contribution in [3.63, 3.8) is 0 Å². The van der Waals surface area contributed by atoms with E-state index in [1.54, 1.807) is 0 Å². The maximum atomic E-state index is 3.76. The van der Waals surface area contributed by atoms with Gasteiger partial charge in [0.05, 0.1) is 0 Å². The van der Waals surface area contributed by atoms with Crippen LogP contribution in [0, 0.1) is 12.2 Å². The second-order valence-corrected chi connectivity index (χ2v) is 6.73. The summed E-state index contributed by atoms with van der Waals surface area (Å²) in [6.07, 6.45) is 23.9. The third-order valence-corrected chi connectivity index (χ3v) is 4.50. The summed E-state index contributed by atoms with van der Waals surface area (Å²) in [6.45, 7) is 9.40. The number of hydrogen-bond donors (Lipinski definition) is 0. The van der Waals surface area contributed by atoms with Gasteiger partial charge in [-0.05, 0) is 5.19 Å². The maximum Gasteiger partial charge on any atom is 4.00 e. The molecule has 1 aromatic rings. The van der Waals surface area contributed by atoms with Gasteiger partial charge >= 0.3 is 26.2 Å². The molecule has 0 bridgehead atoms. The second-order valence-electron chi connectivity index (χ2n) is 5.08. The van der Waals surface area contributed by atoms with Gasteiger partial charge < -0.3 is 29.4 Å². The van der Waals surface area contributed by atoms with Crippen molar-refractivity contribution in [3.05, 3.63) is 104 Å². The number of rotatable bonds is 6. The molecular weight excluding hydrogens is 468 g/mol. The zero-order chi connectivity index (χ0) is 17.3. The van der Waals surface area contributed by atoms with Crippen LogP contribution in [-0.2, 0) is 26.2 Å². The van der Waals surface area contributed by atoms with Crippen LogP contribution in [0.1, 0.15) is 12.8 Å². The van der Waals surface area contributed by atoms with E-state index in [1.165, 1.54) is 5.19 Å². The summed E-state index contributed by atoms with van der Waals surface area (Å²) >= 11 is 0. The zero-order valence-electron chi connectivity index (χ0n) is 15.5. The maximum absolute atomic E-state index is 3.76. The van der Waals surface area contributed by atoms with Gasteiger partial charge in [0, 0.05) is 13.1 Å². The Hall–Kier alpha value is -0.700. The van der Waals surface area contributed by atoms with Gasteiger partial charge in [0.25, 0.3) is 0 Å². The quantitative estimate of drug-likeness (QED) is 0.250. The molecule has 1 aromatic carbocycles. The van der Waals surface area contributed by atoms with Crippen molar-refractivity contribution in [2.45, 2.75) is 12.8 Å². The fourth-order valence-electron chi connectivity index (χ4n) is 1.94. The first kappa shape index (κ1) is 31.0. The minimum atomic E-state index is 0. The molecule has 0 aliphatic heterocycles. The second kappa shape index (κ2) is 23.3. The van der Waals surface area contributed by atoms with E-state index in [4.69, 9.17) is 0 Å². The molecule has 0 aromatic heterocycles. The molecule has 2 aliphatic rings. The molecule has 0 unspecified atom stereocenters. The summed E-state index contributed by atoms with van der Waals surface area (Å²) in [7, 11) is 0.186. The molecule has 27 heavy (non-hydrogen) atoms. The van der Waals surface area contributed by atoms with Crippen molar-refractivity contribution in [1.82, 2.24) is 4.57 Å². The molecule has 1 nitrogen and oxygen atoms in total. The Labute approximate surface area is 199 Å². The van der Waals surface area contributed by atoms with Crippen molar-refractivity contribution in [2.24, 2.45) is 0 Å². The summed E-state index contributed by atoms with van der Waals surface area (Å²) in [5, 5.41) is 1.41. The van der Waals surface area contributed by atoms with Crippen LogP contribution in [0.3, 0.4) is 0 Å². The van der Waals surface area contributed by atoms with E-state index >= 15 is 0 Å². The molecule has 0 fully saturated rings. The first-order chi connectivity index (χ1) is 11.9. The van der Waals surface area contributed by atoms with Crippen LogP contribution in [0.5, 0.6) is 0 Å². The van der Waals surface area contributed by atoms with Crippen LogP contribution in [0.2, 0.25) is 0 Å². The van der Waals surface area contributed by atoms with Gasteiger partial charge in [0.2, 0.25) is 0 Å². The van der Waals surface area contributed by atoms with Crippen LogP contribution in [0.25, 0.3) is 0 Å². The van der Waals surface area contributed by atoms with Gasteiger partial charge in [-0.25, -0.2) is 24.3 Å². The Morgan fingerprint density at radius 1 is 0.889 bits per heavy atom. The Kier molecular flexibility index (Phi) is 26.8. The molecule has 0 N–H and O–H groups in total. The third kappa shape index (κ3) is 18.4. The molecule has 0 saturated carbocycles. The van der Waals surface area contributed by atoms with Crippen molar-refractivity contribution in [3.8, 4) is 0 Å². The van der Waals surface area contributed by atoms with E-state index in [0.717, 1.165) is 25.9 Å². The van der Waals surface area contributed by atoms with Crippen molar-refractivity contribution >= 4 is 14.9 Å². The van der Waals surface area contributed by atoms with E-state index in [9.17, 15) is 0 Å². The number of nitrogens with zero attached hydrogens (tertiary/aromatic N) is 1. The topological polar surface area (TPSA) is 3.24 Å². The van der Waals surface area contributed by atoms with E-state index in [-0.39, 0.29) is 60.7 Å². The van der Waals surface area contributed by atoms with E-state index in [1.807, 2.05) is 42.5 Å². The first-order valence-electron chi connectivity index (χ1n) is 8.16. The molecule has 0 amide bonds. The van der Waals surface area contributed by atoms with Gasteiger partial charge in [-0.2, -0.15) is 12.2 Å². The molecule has 0 spiro atoms. The van der Waals surface area contributed by atoms with Crippen molar-refractivity contribution in [1.29, 1.82) is 0 Å². The minimum Gasteiger partial charge on any atom is -1.00 e. The number of allylic oxidation sites excluding steroid dienone is 8. The Morgan fingerprint density at radius 2 is 1.37 bits per heavy atom. The molecule has 1 radical (unpaired) electrons. The Bertz CT molecular complexity index is 531. The normalized spacial score (nSPS) is 11.7. The van der Waals surface area contributed by atoms with Crippen molar-refractivity contribution in [2.75, 3.05) is 13.1 Å². The minimum absolute atomic E-state index is 0. The average Bonchev–Trinajstić information content (AvgIpc) is 3.35. The van der Waals surface area contributed by atoms with Gasteiger partial charge in [0.15, 0.2) is 9.68 Å². The fourth-order valence-corrected chi connectivity index (χ4v) is 3.27. The standard InChI is InChI=1S/C12H16NSi.2C5H5.2ClH.Zr/c1-3-10-13(11-4-2)14-12-8-6-5-7-9-12;2*1-2-4-5-3-1;;;/h3-9,14H,1-2,10-11H2;2*1-3H,4H2;2*1H;/q;2*-1;;;+4/p-2. The molecule has 0 heterocycles.